The Bertz CT molecular complexity index is 2570. The smallest absolute Gasteiger partial charge is 0.340 e. The van der Waals surface area contributed by atoms with Gasteiger partial charge in [-0.2, -0.15) is 0 Å². The van der Waals surface area contributed by atoms with Crippen LogP contribution in [0.25, 0.3) is 21.9 Å². The second kappa shape index (κ2) is 16.3. The minimum atomic E-state index is -0.782. The van der Waals surface area contributed by atoms with E-state index in [-0.39, 0.29) is 92.7 Å². The SMILES string of the molecule is CN(C)C(=O)Cc1c(Cc2cccc([N+](=O)[O-])c2)c(=O)oc2cc(Oc3cc4oc(=O)c(Cc5cccc([N+](=O)[O-])c5)c(CC(=O)N(C)C)c4cc3Cl)c(Cl)cc12. The van der Waals surface area contributed by atoms with Crippen molar-refractivity contribution in [3.63, 3.8) is 0 Å². The standard InChI is InChI=1S/C40H32Cl2N4O11/c1-43(2)37(47)17-25-27-15-31(41)35(19-33(27)56-39(49)29(25)13-21-7-5-9-23(11-21)45(51)52)55-36-20-34-28(16-32(36)42)26(18-38(48)44(3)4)30(40(50)57-34)14-22-8-6-10-24(12-22)46(53)54/h5-12,15-16,19-20H,13-14,17-18H2,1-4H3. The van der Waals surface area contributed by atoms with Crippen molar-refractivity contribution in [1.29, 1.82) is 0 Å². The molecule has 17 heteroatoms. The summed E-state index contributed by atoms with van der Waals surface area (Å²) in [6.07, 6.45) is -0.571. The first-order chi connectivity index (χ1) is 27.0. The molecule has 0 radical (unpaired) electrons. The molecule has 0 atom stereocenters. The highest BCUT2D eigenvalue weighted by molar-refractivity contribution is 6.34. The second-order valence-corrected chi connectivity index (χ2v) is 14.3. The van der Waals surface area contributed by atoms with E-state index in [9.17, 15) is 39.4 Å². The lowest BCUT2D eigenvalue weighted by atomic mass is 9.95. The molecule has 0 spiro atoms. The molecule has 0 aliphatic heterocycles. The molecular formula is C40H32Cl2N4O11. The monoisotopic (exact) mass is 814 g/mol. The number of rotatable bonds is 12. The molecule has 0 fully saturated rings. The number of nitro benzene ring substituents is 2. The maximum absolute atomic E-state index is 13.5. The van der Waals surface area contributed by atoms with Crippen molar-refractivity contribution < 1.29 is 33.0 Å². The Hall–Kier alpha value is -6.58. The van der Waals surface area contributed by atoms with Gasteiger partial charge in [-0.25, -0.2) is 9.59 Å². The van der Waals surface area contributed by atoms with Gasteiger partial charge in [-0.3, -0.25) is 29.8 Å². The van der Waals surface area contributed by atoms with Gasteiger partial charge < -0.3 is 23.4 Å². The molecule has 0 aliphatic carbocycles. The molecule has 6 aromatic rings. The molecule has 15 nitrogen and oxygen atoms in total. The van der Waals surface area contributed by atoms with Gasteiger partial charge in [-0.15, -0.1) is 0 Å². The third kappa shape index (κ3) is 8.64. The lowest BCUT2D eigenvalue weighted by Gasteiger charge is -2.17. The quantitative estimate of drug-likeness (QED) is 0.0685. The summed E-state index contributed by atoms with van der Waals surface area (Å²) in [5.41, 5.74) is -0.120. The summed E-state index contributed by atoms with van der Waals surface area (Å²) < 4.78 is 17.5. The van der Waals surface area contributed by atoms with Gasteiger partial charge in [0.1, 0.15) is 22.7 Å². The van der Waals surface area contributed by atoms with E-state index < -0.39 is 21.1 Å². The topological polar surface area (TPSA) is 197 Å². The second-order valence-electron chi connectivity index (χ2n) is 13.5. The van der Waals surface area contributed by atoms with Gasteiger partial charge in [0.25, 0.3) is 11.4 Å². The maximum atomic E-state index is 13.5. The summed E-state index contributed by atoms with van der Waals surface area (Å²) in [5, 5.41) is 23.5. The predicted molar refractivity (Wildman–Crippen MR) is 212 cm³/mol. The summed E-state index contributed by atoms with van der Waals surface area (Å²) in [5.74, 6) is -0.694. The Morgan fingerprint density at radius 1 is 0.632 bits per heavy atom. The van der Waals surface area contributed by atoms with Crippen LogP contribution >= 0.6 is 23.2 Å². The lowest BCUT2D eigenvalue weighted by molar-refractivity contribution is -0.385. The molecule has 0 saturated carbocycles. The number of hydrogen-bond donors (Lipinski definition) is 0. The van der Waals surface area contributed by atoms with Crippen molar-refractivity contribution in [3.8, 4) is 11.5 Å². The van der Waals surface area contributed by atoms with Crippen molar-refractivity contribution >= 4 is 68.3 Å². The van der Waals surface area contributed by atoms with Gasteiger partial charge >= 0.3 is 11.3 Å². The van der Waals surface area contributed by atoms with Gasteiger partial charge in [0.15, 0.2) is 0 Å². The van der Waals surface area contributed by atoms with E-state index in [4.69, 9.17) is 36.8 Å². The van der Waals surface area contributed by atoms with Crippen LogP contribution in [-0.4, -0.2) is 59.7 Å². The molecule has 2 amide bonds. The number of carbonyl (C=O) groups is 2. The largest absolute Gasteiger partial charge is 0.454 e. The Morgan fingerprint density at radius 2 is 1.02 bits per heavy atom. The normalized spacial score (nSPS) is 11.1. The number of non-ortho nitro benzene ring substituents is 2. The van der Waals surface area contributed by atoms with Gasteiger partial charge in [-0.05, 0) is 34.4 Å². The van der Waals surface area contributed by atoms with E-state index in [0.29, 0.717) is 33.0 Å². The van der Waals surface area contributed by atoms with Crippen LogP contribution in [0.15, 0.2) is 91.2 Å². The maximum Gasteiger partial charge on any atom is 0.340 e. The number of halogens is 2. The van der Waals surface area contributed by atoms with Crippen LogP contribution in [0.4, 0.5) is 11.4 Å². The van der Waals surface area contributed by atoms with E-state index in [1.54, 1.807) is 40.3 Å². The van der Waals surface area contributed by atoms with E-state index in [1.165, 1.54) is 70.5 Å². The van der Waals surface area contributed by atoms with E-state index in [2.05, 4.69) is 0 Å². The number of hydrogen-bond acceptors (Lipinski definition) is 11. The molecule has 0 N–H and O–H groups in total. The van der Waals surface area contributed by atoms with Crippen LogP contribution in [0, 0.1) is 20.2 Å². The van der Waals surface area contributed by atoms with Crippen molar-refractivity contribution in [2.75, 3.05) is 28.2 Å². The summed E-state index contributed by atoms with van der Waals surface area (Å²) in [6, 6.07) is 17.2. The first kappa shape index (κ1) is 40.1. The summed E-state index contributed by atoms with van der Waals surface area (Å²) in [4.78, 5) is 77.5. The van der Waals surface area contributed by atoms with Crippen molar-refractivity contribution in [2.45, 2.75) is 25.7 Å². The fourth-order valence-corrected chi connectivity index (χ4v) is 6.63. The van der Waals surface area contributed by atoms with Gasteiger partial charge in [0.2, 0.25) is 11.8 Å². The highest BCUT2D eigenvalue weighted by atomic mass is 35.5. The Morgan fingerprint density at radius 3 is 1.37 bits per heavy atom. The molecule has 2 aromatic heterocycles. The predicted octanol–water partition coefficient (Wildman–Crippen LogP) is 7.26. The summed E-state index contributed by atoms with van der Waals surface area (Å²) in [7, 11) is 6.24. The molecule has 2 heterocycles. The first-order valence-corrected chi connectivity index (χ1v) is 17.9. The Labute approximate surface area is 332 Å². The van der Waals surface area contributed by atoms with E-state index >= 15 is 0 Å². The molecule has 57 heavy (non-hydrogen) atoms. The first-order valence-electron chi connectivity index (χ1n) is 17.1. The minimum absolute atomic E-state index is 0.0162. The zero-order valence-electron chi connectivity index (χ0n) is 30.8. The van der Waals surface area contributed by atoms with E-state index in [0.717, 1.165) is 0 Å². The van der Waals surface area contributed by atoms with Gasteiger partial charge in [0.05, 0.1) is 32.7 Å². The number of ether oxygens (including phenoxy) is 1. The minimum Gasteiger partial charge on any atom is -0.454 e. The van der Waals surface area contributed by atoms with Crippen LogP contribution in [0.3, 0.4) is 0 Å². The van der Waals surface area contributed by atoms with E-state index in [1.807, 2.05) is 0 Å². The number of carbonyl (C=O) groups excluding carboxylic acids is 2. The number of fused-ring (bicyclic) bond motifs is 2. The summed E-state index contributed by atoms with van der Waals surface area (Å²) >= 11 is 13.5. The van der Waals surface area contributed by atoms with Crippen LogP contribution in [0.2, 0.25) is 10.0 Å². The molecule has 0 aliphatic rings. The molecule has 0 saturated heterocycles. The summed E-state index contributed by atoms with van der Waals surface area (Å²) in [6.45, 7) is 0. The van der Waals surface area contributed by atoms with Crippen molar-refractivity contribution in [2.24, 2.45) is 0 Å². The number of likely N-dealkylation sites (N-methyl/N-ethyl adjacent to an activating group) is 2. The van der Waals surface area contributed by atoms with Crippen LogP contribution in [0.1, 0.15) is 33.4 Å². The average Bonchev–Trinajstić information content (AvgIpc) is 3.15. The van der Waals surface area contributed by atoms with Gasteiger partial charge in [-0.1, -0.05) is 47.5 Å². The highest BCUT2D eigenvalue weighted by Crippen LogP contribution is 2.40. The average molecular weight is 816 g/mol. The fourth-order valence-electron chi connectivity index (χ4n) is 6.23. The highest BCUT2D eigenvalue weighted by Gasteiger charge is 2.24. The Balaban J connectivity index is 1.43. The fraction of sp³-hybridized carbons (Fsp3) is 0.200. The van der Waals surface area contributed by atoms with Crippen LogP contribution in [0.5, 0.6) is 11.5 Å². The molecule has 292 valence electrons. The number of nitro groups is 2. The number of amides is 2. The zero-order chi connectivity index (χ0) is 41.3. The third-order valence-electron chi connectivity index (χ3n) is 9.22. The van der Waals surface area contributed by atoms with Crippen LogP contribution < -0.4 is 16.0 Å². The molecule has 0 bridgehead atoms. The number of nitrogens with zero attached hydrogens (tertiary/aromatic N) is 4. The number of benzene rings is 4. The van der Waals surface area contributed by atoms with Gasteiger partial charge in [0, 0.05) is 99.3 Å². The molecule has 4 aromatic carbocycles. The lowest BCUT2D eigenvalue weighted by Crippen LogP contribution is -2.25. The zero-order valence-corrected chi connectivity index (χ0v) is 32.3. The molecular weight excluding hydrogens is 783 g/mol. The van der Waals surface area contributed by atoms with Crippen LogP contribution in [-0.2, 0) is 35.3 Å². The van der Waals surface area contributed by atoms with Crippen molar-refractivity contribution in [1.82, 2.24) is 9.80 Å². The molecule has 0 unspecified atom stereocenters. The molecule has 6 rings (SSSR count). The third-order valence-corrected chi connectivity index (χ3v) is 9.81. The van der Waals surface area contributed by atoms with Crippen molar-refractivity contribution in [3.05, 3.63) is 157 Å². The Kier molecular flexibility index (Phi) is 11.4.